The summed E-state index contributed by atoms with van der Waals surface area (Å²) in [6.45, 7) is 3.56. The standard InChI is InChI=1S/C22H23N3O/c1-2-6-20-18(4-1)22(19-5-3-7-21(19)24-20)23-16-8-10-17(11-9-16)25-12-14-26-15-13-25/h1-2,4,6,8-11H,3,5,7,12-15H2,(H,23,24). The third-order valence-electron chi connectivity index (χ3n) is 5.43. The number of para-hydroxylation sites is 1. The molecule has 2 heterocycles. The number of nitrogens with zero attached hydrogens (tertiary/aromatic N) is 2. The van der Waals surface area contributed by atoms with Crippen molar-refractivity contribution in [3.05, 3.63) is 59.8 Å². The topological polar surface area (TPSA) is 37.4 Å². The van der Waals surface area contributed by atoms with Crippen LogP contribution in [0.15, 0.2) is 48.5 Å². The Balaban J connectivity index is 1.48. The summed E-state index contributed by atoms with van der Waals surface area (Å²) in [5.41, 5.74) is 7.37. The molecule has 0 radical (unpaired) electrons. The smallest absolute Gasteiger partial charge is 0.0726 e. The minimum absolute atomic E-state index is 0.815. The van der Waals surface area contributed by atoms with E-state index in [2.05, 4.69) is 58.7 Å². The van der Waals surface area contributed by atoms with Gasteiger partial charge in [-0.3, -0.25) is 4.98 Å². The van der Waals surface area contributed by atoms with Crippen molar-refractivity contribution in [1.82, 2.24) is 4.98 Å². The second-order valence-electron chi connectivity index (χ2n) is 7.05. The number of morpholine rings is 1. The largest absolute Gasteiger partial charge is 0.378 e. The van der Waals surface area contributed by atoms with Gasteiger partial charge in [-0.05, 0) is 55.2 Å². The van der Waals surface area contributed by atoms with E-state index in [1.165, 1.54) is 34.4 Å². The summed E-state index contributed by atoms with van der Waals surface area (Å²) in [5, 5.41) is 4.91. The van der Waals surface area contributed by atoms with Gasteiger partial charge < -0.3 is 15.0 Å². The number of hydrogen-bond donors (Lipinski definition) is 1. The highest BCUT2D eigenvalue weighted by molar-refractivity contribution is 5.95. The van der Waals surface area contributed by atoms with Crippen molar-refractivity contribution in [2.24, 2.45) is 0 Å². The van der Waals surface area contributed by atoms with Crippen molar-refractivity contribution in [3.8, 4) is 0 Å². The molecule has 2 aliphatic rings. The molecule has 0 atom stereocenters. The molecule has 1 aliphatic carbocycles. The molecule has 4 heteroatoms. The van der Waals surface area contributed by atoms with Crippen LogP contribution in [0.5, 0.6) is 0 Å². The lowest BCUT2D eigenvalue weighted by Crippen LogP contribution is -2.36. The Morgan fingerprint density at radius 1 is 0.923 bits per heavy atom. The summed E-state index contributed by atoms with van der Waals surface area (Å²) < 4.78 is 5.45. The number of aromatic nitrogens is 1. The molecule has 3 aromatic rings. The SMILES string of the molecule is c1ccc2c(Nc3ccc(N4CCOCC4)cc3)c3c(nc2c1)CCC3. The molecule has 0 bridgehead atoms. The maximum absolute atomic E-state index is 5.45. The molecular weight excluding hydrogens is 322 g/mol. The molecule has 0 saturated carbocycles. The van der Waals surface area contributed by atoms with Gasteiger partial charge in [0.1, 0.15) is 0 Å². The van der Waals surface area contributed by atoms with E-state index in [4.69, 9.17) is 9.72 Å². The minimum atomic E-state index is 0.815. The van der Waals surface area contributed by atoms with Crippen molar-refractivity contribution >= 4 is 28.0 Å². The van der Waals surface area contributed by atoms with E-state index in [0.717, 1.165) is 50.3 Å². The van der Waals surface area contributed by atoms with Gasteiger partial charge in [-0.25, -0.2) is 0 Å². The maximum atomic E-state index is 5.45. The van der Waals surface area contributed by atoms with Gasteiger partial charge in [-0.1, -0.05) is 18.2 Å². The molecule has 2 aromatic carbocycles. The molecule has 0 unspecified atom stereocenters. The minimum Gasteiger partial charge on any atom is -0.378 e. The number of aryl methyl sites for hydroxylation is 1. The van der Waals surface area contributed by atoms with Gasteiger partial charge in [-0.2, -0.15) is 0 Å². The number of nitrogens with one attached hydrogen (secondary N) is 1. The Bertz CT molecular complexity index is 930. The van der Waals surface area contributed by atoms with Crippen LogP contribution in [0.1, 0.15) is 17.7 Å². The Labute approximate surface area is 153 Å². The molecule has 1 aliphatic heterocycles. The molecule has 1 aromatic heterocycles. The summed E-state index contributed by atoms with van der Waals surface area (Å²) >= 11 is 0. The number of rotatable bonds is 3. The zero-order valence-electron chi connectivity index (χ0n) is 14.9. The van der Waals surface area contributed by atoms with Crippen molar-refractivity contribution in [2.75, 3.05) is 36.5 Å². The fraction of sp³-hybridized carbons (Fsp3) is 0.318. The second-order valence-corrected chi connectivity index (χ2v) is 7.05. The maximum Gasteiger partial charge on any atom is 0.0726 e. The van der Waals surface area contributed by atoms with E-state index in [1.807, 2.05) is 0 Å². The summed E-state index contributed by atoms with van der Waals surface area (Å²) in [4.78, 5) is 7.26. The second kappa shape index (κ2) is 6.61. The lowest BCUT2D eigenvalue weighted by Gasteiger charge is -2.29. The first-order valence-corrected chi connectivity index (χ1v) is 9.49. The summed E-state index contributed by atoms with van der Waals surface area (Å²) in [5.74, 6) is 0. The molecule has 1 fully saturated rings. The fourth-order valence-corrected chi connectivity index (χ4v) is 4.08. The van der Waals surface area contributed by atoms with Crippen molar-refractivity contribution < 1.29 is 4.74 Å². The lowest BCUT2D eigenvalue weighted by atomic mass is 10.1. The Morgan fingerprint density at radius 2 is 1.73 bits per heavy atom. The van der Waals surface area contributed by atoms with Crippen LogP contribution in [0.4, 0.5) is 17.1 Å². The molecule has 1 N–H and O–H groups in total. The van der Waals surface area contributed by atoms with Gasteiger partial charge in [0.05, 0.1) is 24.4 Å². The molecule has 26 heavy (non-hydrogen) atoms. The van der Waals surface area contributed by atoms with Gasteiger partial charge in [0, 0.05) is 35.5 Å². The first-order chi connectivity index (χ1) is 12.9. The molecule has 0 spiro atoms. The Kier molecular flexibility index (Phi) is 3.98. The quantitative estimate of drug-likeness (QED) is 0.768. The van der Waals surface area contributed by atoms with Crippen LogP contribution in [0.3, 0.4) is 0 Å². The fourth-order valence-electron chi connectivity index (χ4n) is 4.08. The summed E-state index contributed by atoms with van der Waals surface area (Å²) in [6.07, 6.45) is 3.40. The first-order valence-electron chi connectivity index (χ1n) is 9.49. The van der Waals surface area contributed by atoms with E-state index in [1.54, 1.807) is 0 Å². The van der Waals surface area contributed by atoms with Gasteiger partial charge >= 0.3 is 0 Å². The van der Waals surface area contributed by atoms with Crippen LogP contribution in [0.25, 0.3) is 10.9 Å². The van der Waals surface area contributed by atoms with E-state index in [0.29, 0.717) is 0 Å². The van der Waals surface area contributed by atoms with E-state index >= 15 is 0 Å². The Hall–Kier alpha value is -2.59. The molecule has 1 saturated heterocycles. The third kappa shape index (κ3) is 2.80. The number of pyridine rings is 1. The summed E-state index contributed by atoms with van der Waals surface area (Å²) in [6, 6.07) is 17.2. The van der Waals surface area contributed by atoms with Crippen LogP contribution in [0, 0.1) is 0 Å². The number of fused-ring (bicyclic) bond motifs is 2. The summed E-state index contributed by atoms with van der Waals surface area (Å²) in [7, 11) is 0. The highest BCUT2D eigenvalue weighted by Crippen LogP contribution is 2.36. The average Bonchev–Trinajstić information content (AvgIpc) is 3.17. The van der Waals surface area contributed by atoms with Crippen LogP contribution in [-0.2, 0) is 17.6 Å². The zero-order chi connectivity index (χ0) is 17.3. The van der Waals surface area contributed by atoms with Crippen LogP contribution >= 0.6 is 0 Å². The van der Waals surface area contributed by atoms with Crippen LogP contribution in [0.2, 0.25) is 0 Å². The third-order valence-corrected chi connectivity index (χ3v) is 5.43. The lowest BCUT2D eigenvalue weighted by molar-refractivity contribution is 0.122. The average molecular weight is 345 g/mol. The zero-order valence-corrected chi connectivity index (χ0v) is 14.9. The van der Waals surface area contributed by atoms with Crippen molar-refractivity contribution in [2.45, 2.75) is 19.3 Å². The number of ether oxygens (including phenoxy) is 1. The highest BCUT2D eigenvalue weighted by Gasteiger charge is 2.19. The van der Waals surface area contributed by atoms with Gasteiger partial charge in [0.15, 0.2) is 0 Å². The van der Waals surface area contributed by atoms with Gasteiger partial charge in [-0.15, -0.1) is 0 Å². The Morgan fingerprint density at radius 3 is 2.58 bits per heavy atom. The monoisotopic (exact) mass is 345 g/mol. The number of hydrogen-bond acceptors (Lipinski definition) is 4. The van der Waals surface area contributed by atoms with Crippen LogP contribution < -0.4 is 10.2 Å². The molecule has 0 amide bonds. The first kappa shape index (κ1) is 15.6. The molecule has 132 valence electrons. The normalized spacial score (nSPS) is 16.7. The van der Waals surface area contributed by atoms with Crippen LogP contribution in [-0.4, -0.2) is 31.3 Å². The highest BCUT2D eigenvalue weighted by atomic mass is 16.5. The van der Waals surface area contributed by atoms with E-state index in [9.17, 15) is 0 Å². The van der Waals surface area contributed by atoms with Gasteiger partial charge in [0.2, 0.25) is 0 Å². The van der Waals surface area contributed by atoms with Gasteiger partial charge in [0.25, 0.3) is 0 Å². The number of anilines is 3. The molecule has 4 nitrogen and oxygen atoms in total. The predicted molar refractivity (Wildman–Crippen MR) is 107 cm³/mol. The van der Waals surface area contributed by atoms with Crippen molar-refractivity contribution in [1.29, 1.82) is 0 Å². The van der Waals surface area contributed by atoms with E-state index < -0.39 is 0 Å². The number of benzene rings is 2. The van der Waals surface area contributed by atoms with E-state index in [-0.39, 0.29) is 0 Å². The van der Waals surface area contributed by atoms with Crippen molar-refractivity contribution in [3.63, 3.8) is 0 Å². The molecular formula is C22H23N3O. The molecule has 5 rings (SSSR count). The predicted octanol–water partition coefficient (Wildman–Crippen LogP) is 4.30.